The molecule has 162 valence electrons. The highest BCUT2D eigenvalue weighted by molar-refractivity contribution is 7.12. The van der Waals surface area contributed by atoms with Crippen LogP contribution in [-0.2, 0) is 6.18 Å². The van der Waals surface area contributed by atoms with Crippen molar-refractivity contribution in [2.24, 2.45) is 5.10 Å². The van der Waals surface area contributed by atoms with Crippen LogP contribution in [0.25, 0.3) is 16.4 Å². The summed E-state index contributed by atoms with van der Waals surface area (Å²) in [4.78, 5) is 16.5. The molecule has 2 N–H and O–H groups in total. The number of hydrogen-bond acceptors (Lipinski definition) is 6. The van der Waals surface area contributed by atoms with E-state index >= 15 is 0 Å². The minimum atomic E-state index is -4.63. The summed E-state index contributed by atoms with van der Waals surface area (Å²) in [6.07, 6.45) is -3.37. The number of rotatable bonds is 5. The molecule has 2 aromatic heterocycles. The maximum absolute atomic E-state index is 13.3. The Morgan fingerprint density at radius 3 is 2.56 bits per heavy atom. The van der Waals surface area contributed by atoms with Crippen molar-refractivity contribution in [2.45, 2.75) is 6.18 Å². The van der Waals surface area contributed by atoms with Crippen molar-refractivity contribution in [3.05, 3.63) is 83.0 Å². The molecule has 0 spiro atoms. The van der Waals surface area contributed by atoms with Gasteiger partial charge in [0.1, 0.15) is 11.4 Å². The van der Waals surface area contributed by atoms with Crippen molar-refractivity contribution in [1.29, 1.82) is 0 Å². The van der Waals surface area contributed by atoms with E-state index in [-0.39, 0.29) is 22.3 Å². The molecule has 7 nitrogen and oxygen atoms in total. The molecule has 0 saturated heterocycles. The second-order valence-corrected chi connectivity index (χ2v) is 7.30. The van der Waals surface area contributed by atoms with Gasteiger partial charge in [-0.3, -0.25) is 4.79 Å². The maximum Gasteiger partial charge on any atom is 0.435 e. The number of aromatic hydroxyl groups is 1. The maximum atomic E-state index is 13.3. The number of alkyl halides is 3. The van der Waals surface area contributed by atoms with E-state index in [4.69, 9.17) is 0 Å². The number of phenols is 1. The second kappa shape index (κ2) is 8.63. The fourth-order valence-electron chi connectivity index (χ4n) is 2.76. The highest BCUT2D eigenvalue weighted by Gasteiger charge is 2.35. The van der Waals surface area contributed by atoms with Crippen LogP contribution in [-0.4, -0.2) is 32.0 Å². The Morgan fingerprint density at radius 1 is 1.12 bits per heavy atom. The van der Waals surface area contributed by atoms with Gasteiger partial charge in [0.25, 0.3) is 5.91 Å². The summed E-state index contributed by atoms with van der Waals surface area (Å²) in [5.74, 6) is -0.669. The van der Waals surface area contributed by atoms with Crippen LogP contribution in [0.4, 0.5) is 13.2 Å². The van der Waals surface area contributed by atoms with Crippen LogP contribution < -0.4 is 5.43 Å². The Bertz CT molecular complexity index is 1280. The number of halogens is 3. The van der Waals surface area contributed by atoms with Gasteiger partial charge in [-0.1, -0.05) is 42.5 Å². The quantitative estimate of drug-likeness (QED) is 0.341. The molecule has 0 fully saturated rings. The van der Waals surface area contributed by atoms with E-state index in [9.17, 15) is 23.1 Å². The van der Waals surface area contributed by atoms with E-state index in [0.29, 0.717) is 11.1 Å². The monoisotopic (exact) mass is 457 g/mol. The third-order valence-corrected chi connectivity index (χ3v) is 5.10. The molecule has 4 aromatic rings. The predicted molar refractivity (Wildman–Crippen MR) is 113 cm³/mol. The smallest absolute Gasteiger partial charge is 0.435 e. The number of nitrogens with one attached hydrogen (secondary N) is 1. The van der Waals surface area contributed by atoms with Gasteiger partial charge in [-0.25, -0.2) is 15.1 Å². The number of para-hydroxylation sites is 1. The van der Waals surface area contributed by atoms with Gasteiger partial charge >= 0.3 is 6.18 Å². The number of hydrazone groups is 1. The van der Waals surface area contributed by atoms with Crippen LogP contribution in [0.2, 0.25) is 0 Å². The zero-order valence-corrected chi connectivity index (χ0v) is 16.9. The van der Waals surface area contributed by atoms with Gasteiger partial charge in [0.05, 0.1) is 11.9 Å². The summed E-state index contributed by atoms with van der Waals surface area (Å²) >= 11 is 0.965. The molecular formula is C21H14F3N5O2S. The van der Waals surface area contributed by atoms with Gasteiger partial charge in [0.15, 0.2) is 5.69 Å². The molecule has 32 heavy (non-hydrogen) atoms. The number of phenolic OH excluding ortho intramolecular Hbond substituents is 1. The Morgan fingerprint density at radius 2 is 1.84 bits per heavy atom. The molecule has 0 bridgehead atoms. The van der Waals surface area contributed by atoms with Crippen LogP contribution in [0.1, 0.15) is 21.7 Å². The number of amides is 1. The Labute approximate surface area is 183 Å². The van der Waals surface area contributed by atoms with Crippen LogP contribution in [0, 0.1) is 0 Å². The van der Waals surface area contributed by atoms with Crippen LogP contribution in [0.5, 0.6) is 5.75 Å². The van der Waals surface area contributed by atoms with Crippen molar-refractivity contribution < 1.29 is 23.1 Å². The summed E-state index contributed by atoms with van der Waals surface area (Å²) in [7, 11) is 0. The van der Waals surface area contributed by atoms with Gasteiger partial charge in [-0.05, 0) is 18.2 Å². The minimum Gasteiger partial charge on any atom is -0.507 e. The summed E-state index contributed by atoms with van der Waals surface area (Å²) in [5.41, 5.74) is 2.27. The standard InChI is InChI=1S/C21H14F3N5O2S/c22-21(23,24)18-10-16(13-6-2-1-3-7-13)29(28-18)20-26-15(12-32-20)19(31)27-25-11-14-8-4-5-9-17(14)30/h1-12,30H,(H,27,31). The predicted octanol–water partition coefficient (Wildman–Crippen LogP) is 4.48. The summed E-state index contributed by atoms with van der Waals surface area (Å²) in [6.45, 7) is 0. The molecule has 0 unspecified atom stereocenters. The molecule has 0 radical (unpaired) electrons. The van der Waals surface area contributed by atoms with Gasteiger partial charge in [-0.15, -0.1) is 11.3 Å². The number of carbonyl (C=O) groups is 1. The number of nitrogens with zero attached hydrogens (tertiary/aromatic N) is 4. The second-order valence-electron chi connectivity index (χ2n) is 6.46. The van der Waals surface area contributed by atoms with Crippen molar-refractivity contribution in [1.82, 2.24) is 20.2 Å². The van der Waals surface area contributed by atoms with Crippen molar-refractivity contribution >= 4 is 23.5 Å². The lowest BCUT2D eigenvalue weighted by Crippen LogP contribution is -2.18. The summed E-state index contributed by atoms with van der Waals surface area (Å²) < 4.78 is 40.8. The molecule has 4 rings (SSSR count). The van der Waals surface area contributed by atoms with E-state index in [1.165, 1.54) is 17.7 Å². The average molecular weight is 457 g/mol. The molecule has 2 heterocycles. The molecule has 11 heteroatoms. The van der Waals surface area contributed by atoms with Crippen LogP contribution in [0.3, 0.4) is 0 Å². The largest absolute Gasteiger partial charge is 0.507 e. The first kappa shape index (κ1) is 21.2. The van der Waals surface area contributed by atoms with Gasteiger partial charge in [0.2, 0.25) is 5.13 Å². The van der Waals surface area contributed by atoms with E-state index in [0.717, 1.165) is 22.1 Å². The van der Waals surface area contributed by atoms with Crippen molar-refractivity contribution in [3.63, 3.8) is 0 Å². The zero-order valence-electron chi connectivity index (χ0n) is 16.1. The normalized spacial score (nSPS) is 11.7. The Hall–Kier alpha value is -3.99. The first-order chi connectivity index (χ1) is 15.3. The summed E-state index contributed by atoms with van der Waals surface area (Å²) in [6, 6.07) is 15.8. The van der Waals surface area contributed by atoms with E-state index in [1.54, 1.807) is 48.5 Å². The molecular weight excluding hydrogens is 443 g/mol. The van der Waals surface area contributed by atoms with E-state index in [2.05, 4.69) is 20.6 Å². The van der Waals surface area contributed by atoms with Crippen LogP contribution in [0.15, 0.2) is 71.1 Å². The third-order valence-electron chi connectivity index (χ3n) is 4.28. The first-order valence-electron chi connectivity index (χ1n) is 9.13. The Kier molecular flexibility index (Phi) is 5.73. The zero-order chi connectivity index (χ0) is 22.7. The molecule has 0 atom stereocenters. The molecule has 2 aromatic carbocycles. The highest BCUT2D eigenvalue weighted by atomic mass is 32.1. The van der Waals surface area contributed by atoms with Gasteiger partial charge in [-0.2, -0.15) is 23.4 Å². The highest BCUT2D eigenvalue weighted by Crippen LogP contribution is 2.33. The fraction of sp³-hybridized carbons (Fsp3) is 0.0476. The van der Waals surface area contributed by atoms with Crippen molar-refractivity contribution in [3.8, 4) is 22.1 Å². The first-order valence-corrected chi connectivity index (χ1v) is 10.0. The number of benzene rings is 2. The SMILES string of the molecule is O=C(NN=Cc1ccccc1O)c1csc(-n2nc(C(F)(F)F)cc2-c2ccccc2)n1. The minimum absolute atomic E-state index is 0.00552. The molecule has 1 amide bonds. The lowest BCUT2D eigenvalue weighted by atomic mass is 10.1. The molecule has 0 saturated carbocycles. The van der Waals surface area contributed by atoms with Gasteiger partial charge < -0.3 is 5.11 Å². The lowest BCUT2D eigenvalue weighted by Gasteiger charge is -2.03. The summed E-state index contributed by atoms with van der Waals surface area (Å²) in [5, 5.41) is 18.6. The number of thiazole rings is 1. The van der Waals surface area contributed by atoms with E-state index < -0.39 is 17.8 Å². The fourth-order valence-corrected chi connectivity index (χ4v) is 3.53. The molecule has 0 aliphatic carbocycles. The number of aromatic nitrogens is 3. The molecule has 0 aliphatic heterocycles. The van der Waals surface area contributed by atoms with Crippen molar-refractivity contribution in [2.75, 3.05) is 0 Å². The van der Waals surface area contributed by atoms with E-state index in [1.807, 2.05) is 0 Å². The topological polar surface area (TPSA) is 92.4 Å². The average Bonchev–Trinajstić information content (AvgIpc) is 3.43. The van der Waals surface area contributed by atoms with Gasteiger partial charge in [0, 0.05) is 16.5 Å². The lowest BCUT2D eigenvalue weighted by molar-refractivity contribution is -0.141. The number of carbonyl (C=O) groups excluding carboxylic acids is 1. The van der Waals surface area contributed by atoms with Crippen LogP contribution >= 0.6 is 11.3 Å². The third kappa shape index (κ3) is 4.52. The Balaban J connectivity index is 1.60. The molecule has 0 aliphatic rings. The number of hydrogen-bond donors (Lipinski definition) is 2.